The van der Waals surface area contributed by atoms with Crippen LogP contribution in [0.2, 0.25) is 0 Å². The summed E-state index contributed by atoms with van der Waals surface area (Å²) in [5.41, 5.74) is -0.258. The average molecular weight is 521 g/mol. The number of ether oxygens (including phenoxy) is 1. The van der Waals surface area contributed by atoms with Crippen molar-refractivity contribution in [1.29, 1.82) is 0 Å². The van der Waals surface area contributed by atoms with E-state index in [4.69, 9.17) is 4.74 Å². The molecule has 1 fully saturated rings. The summed E-state index contributed by atoms with van der Waals surface area (Å²) in [7, 11) is -3.81. The SMILES string of the molecule is O=S(=O)(c1ccc(Br)cc1)N(CCCN1CCOCC1)Cc1ccc(C(F)(F)F)cc1. The fourth-order valence-corrected chi connectivity index (χ4v) is 5.07. The van der Waals surface area contributed by atoms with Crippen molar-refractivity contribution in [2.45, 2.75) is 24.0 Å². The van der Waals surface area contributed by atoms with Crippen LogP contribution in [0.25, 0.3) is 0 Å². The summed E-state index contributed by atoms with van der Waals surface area (Å²) in [5, 5.41) is 0. The van der Waals surface area contributed by atoms with Gasteiger partial charge in [0.1, 0.15) is 0 Å². The van der Waals surface area contributed by atoms with Gasteiger partial charge in [-0.2, -0.15) is 17.5 Å². The van der Waals surface area contributed by atoms with Gasteiger partial charge < -0.3 is 4.74 Å². The van der Waals surface area contributed by atoms with E-state index in [1.54, 1.807) is 12.1 Å². The largest absolute Gasteiger partial charge is 0.416 e. The Morgan fingerprint density at radius 2 is 1.61 bits per heavy atom. The van der Waals surface area contributed by atoms with E-state index >= 15 is 0 Å². The van der Waals surface area contributed by atoms with E-state index in [1.165, 1.54) is 28.6 Å². The third-order valence-corrected chi connectivity index (χ3v) is 7.47. The minimum absolute atomic E-state index is 0.000352. The quantitative estimate of drug-likeness (QED) is 0.518. The van der Waals surface area contributed by atoms with Crippen LogP contribution in [-0.4, -0.2) is 57.0 Å². The average Bonchev–Trinajstić information content (AvgIpc) is 2.74. The van der Waals surface area contributed by atoms with Gasteiger partial charge in [0.2, 0.25) is 10.0 Å². The minimum atomic E-state index is -4.43. The van der Waals surface area contributed by atoms with E-state index in [-0.39, 0.29) is 18.0 Å². The van der Waals surface area contributed by atoms with E-state index in [9.17, 15) is 21.6 Å². The summed E-state index contributed by atoms with van der Waals surface area (Å²) in [6.45, 7) is 3.91. The van der Waals surface area contributed by atoms with Crippen LogP contribution in [-0.2, 0) is 27.5 Å². The third kappa shape index (κ3) is 6.76. The lowest BCUT2D eigenvalue weighted by Crippen LogP contribution is -2.39. The maximum Gasteiger partial charge on any atom is 0.416 e. The number of rotatable bonds is 8. The Balaban J connectivity index is 1.76. The standard InChI is InChI=1S/C21H24BrF3N2O3S/c22-19-6-8-20(9-7-19)31(28,29)27(11-1-10-26-12-14-30-15-13-26)16-17-2-4-18(5-3-17)21(23,24)25/h2-9H,1,10-16H2. The number of hydrogen-bond donors (Lipinski definition) is 0. The van der Waals surface area contributed by atoms with Crippen LogP contribution in [0, 0.1) is 0 Å². The lowest BCUT2D eigenvalue weighted by atomic mass is 10.1. The van der Waals surface area contributed by atoms with Crippen molar-refractivity contribution in [3.05, 3.63) is 64.1 Å². The lowest BCUT2D eigenvalue weighted by Gasteiger charge is -2.28. The zero-order chi connectivity index (χ0) is 22.5. The molecule has 1 aliphatic rings. The number of benzene rings is 2. The molecule has 0 amide bonds. The number of halogens is 4. The Morgan fingerprint density at radius 3 is 2.19 bits per heavy atom. The lowest BCUT2D eigenvalue weighted by molar-refractivity contribution is -0.137. The highest BCUT2D eigenvalue weighted by atomic mass is 79.9. The maximum absolute atomic E-state index is 13.3. The topological polar surface area (TPSA) is 49.9 Å². The van der Waals surface area contributed by atoms with E-state index in [2.05, 4.69) is 20.8 Å². The predicted octanol–water partition coefficient (Wildman–Crippen LogP) is 4.38. The second kappa shape index (κ2) is 10.4. The molecule has 1 aliphatic heterocycles. The molecule has 0 saturated carbocycles. The van der Waals surface area contributed by atoms with Crippen molar-refractivity contribution in [2.24, 2.45) is 0 Å². The van der Waals surface area contributed by atoms with Gasteiger partial charge in [-0.1, -0.05) is 28.1 Å². The molecule has 0 bridgehead atoms. The van der Waals surface area contributed by atoms with Crippen LogP contribution in [0.1, 0.15) is 17.5 Å². The molecule has 2 aromatic rings. The van der Waals surface area contributed by atoms with Crippen LogP contribution >= 0.6 is 15.9 Å². The molecule has 31 heavy (non-hydrogen) atoms. The zero-order valence-corrected chi connectivity index (χ0v) is 19.2. The number of alkyl halides is 3. The molecule has 3 rings (SSSR count). The van der Waals surface area contributed by atoms with Crippen LogP contribution in [0.15, 0.2) is 57.9 Å². The Labute approximate surface area is 189 Å². The molecule has 0 atom stereocenters. The summed E-state index contributed by atoms with van der Waals surface area (Å²) < 4.78 is 72.5. The zero-order valence-electron chi connectivity index (χ0n) is 16.8. The molecule has 170 valence electrons. The summed E-state index contributed by atoms with van der Waals surface area (Å²) in [5.74, 6) is 0. The molecule has 5 nitrogen and oxygen atoms in total. The van der Waals surface area contributed by atoms with Crippen LogP contribution < -0.4 is 0 Å². The molecule has 0 N–H and O–H groups in total. The number of sulfonamides is 1. The first-order valence-corrected chi connectivity index (χ1v) is 12.1. The van der Waals surface area contributed by atoms with Gasteiger partial charge >= 0.3 is 6.18 Å². The van der Waals surface area contributed by atoms with Crippen molar-refractivity contribution >= 4 is 26.0 Å². The Kier molecular flexibility index (Phi) is 8.14. The van der Waals surface area contributed by atoms with Gasteiger partial charge in [0, 0.05) is 30.7 Å². The Bertz CT molecular complexity index is 945. The molecule has 2 aromatic carbocycles. The molecule has 0 unspecified atom stereocenters. The number of morpholine rings is 1. The van der Waals surface area contributed by atoms with Crippen LogP contribution in [0.5, 0.6) is 0 Å². The van der Waals surface area contributed by atoms with Crippen molar-refractivity contribution in [3.8, 4) is 0 Å². The minimum Gasteiger partial charge on any atom is -0.379 e. The van der Waals surface area contributed by atoms with Gasteiger partial charge in [0.05, 0.1) is 23.7 Å². The van der Waals surface area contributed by atoms with Crippen molar-refractivity contribution in [2.75, 3.05) is 39.4 Å². The van der Waals surface area contributed by atoms with E-state index in [1.807, 2.05) is 0 Å². The summed E-state index contributed by atoms with van der Waals surface area (Å²) >= 11 is 3.30. The van der Waals surface area contributed by atoms with Crippen LogP contribution in [0.4, 0.5) is 13.2 Å². The molecule has 0 radical (unpaired) electrons. The smallest absolute Gasteiger partial charge is 0.379 e. The third-order valence-electron chi connectivity index (χ3n) is 5.08. The molecule has 0 spiro atoms. The van der Waals surface area contributed by atoms with E-state index in [0.29, 0.717) is 25.2 Å². The van der Waals surface area contributed by atoms with E-state index < -0.39 is 21.8 Å². The van der Waals surface area contributed by atoms with Gasteiger partial charge in [-0.25, -0.2) is 8.42 Å². The molecule has 1 heterocycles. The first kappa shape index (κ1) is 24.2. The van der Waals surface area contributed by atoms with Gasteiger partial charge in [0.25, 0.3) is 0 Å². The fourth-order valence-electron chi connectivity index (χ4n) is 3.34. The fraction of sp³-hybridized carbons (Fsp3) is 0.429. The molecular weight excluding hydrogens is 497 g/mol. The van der Waals surface area contributed by atoms with Crippen molar-refractivity contribution < 1.29 is 26.3 Å². The van der Waals surface area contributed by atoms with Crippen molar-refractivity contribution in [3.63, 3.8) is 0 Å². The first-order valence-electron chi connectivity index (χ1n) is 9.88. The monoisotopic (exact) mass is 520 g/mol. The van der Waals surface area contributed by atoms with Gasteiger partial charge in [0.15, 0.2) is 0 Å². The predicted molar refractivity (Wildman–Crippen MR) is 115 cm³/mol. The summed E-state index contributed by atoms with van der Waals surface area (Å²) in [6, 6.07) is 10.9. The van der Waals surface area contributed by atoms with Crippen molar-refractivity contribution in [1.82, 2.24) is 9.21 Å². The highest BCUT2D eigenvalue weighted by molar-refractivity contribution is 9.10. The van der Waals surface area contributed by atoms with Gasteiger partial charge in [-0.15, -0.1) is 0 Å². The van der Waals surface area contributed by atoms with E-state index in [0.717, 1.165) is 36.2 Å². The summed E-state index contributed by atoms with van der Waals surface area (Å²) in [6.07, 6.45) is -3.82. The van der Waals surface area contributed by atoms with Gasteiger partial charge in [-0.3, -0.25) is 4.90 Å². The molecular formula is C21H24BrF3N2O3S. The first-order chi connectivity index (χ1) is 14.7. The molecule has 0 aliphatic carbocycles. The highest BCUT2D eigenvalue weighted by Gasteiger charge is 2.30. The maximum atomic E-state index is 13.3. The van der Waals surface area contributed by atoms with Crippen LogP contribution in [0.3, 0.4) is 0 Å². The molecule has 1 saturated heterocycles. The van der Waals surface area contributed by atoms with Gasteiger partial charge in [-0.05, 0) is 54.9 Å². The normalized spacial score (nSPS) is 16.0. The molecule has 10 heteroatoms. The summed E-state index contributed by atoms with van der Waals surface area (Å²) in [4.78, 5) is 2.36. The molecule has 0 aromatic heterocycles. The number of hydrogen-bond acceptors (Lipinski definition) is 4. The Morgan fingerprint density at radius 1 is 1.00 bits per heavy atom. The second-order valence-corrected chi connectivity index (χ2v) is 10.1. The number of nitrogens with zero attached hydrogens (tertiary/aromatic N) is 2. The highest BCUT2D eigenvalue weighted by Crippen LogP contribution is 2.29. The Hall–Kier alpha value is -1.46. The second-order valence-electron chi connectivity index (χ2n) is 7.29.